The van der Waals surface area contributed by atoms with E-state index in [-0.39, 0.29) is 11.5 Å². The van der Waals surface area contributed by atoms with E-state index in [2.05, 4.69) is 5.32 Å². The molecule has 0 saturated carbocycles. The van der Waals surface area contributed by atoms with Crippen molar-refractivity contribution in [3.8, 4) is 16.8 Å². The van der Waals surface area contributed by atoms with Gasteiger partial charge in [0.25, 0.3) is 5.56 Å². The number of nitrogens with one attached hydrogen (secondary N) is 1. The number of halogens is 1. The number of pyridine rings is 1. The molecule has 7 heteroatoms. The molecule has 3 heterocycles. The van der Waals surface area contributed by atoms with Gasteiger partial charge in [0.1, 0.15) is 0 Å². The average Bonchev–Trinajstić information content (AvgIpc) is 3.10. The molecule has 1 atom stereocenters. The number of likely N-dealkylation sites (tertiary alicyclic amines) is 1. The van der Waals surface area contributed by atoms with E-state index >= 15 is 0 Å². The van der Waals surface area contributed by atoms with Crippen molar-refractivity contribution in [3.63, 3.8) is 0 Å². The summed E-state index contributed by atoms with van der Waals surface area (Å²) >= 11 is 5.95. The lowest BCUT2D eigenvalue weighted by molar-refractivity contribution is 0.0727. The molecule has 1 saturated heterocycles. The maximum Gasteiger partial charge on any atom is 0.407 e. The standard InChI is InChI=1S/C23H20ClN3O3/c24-17-3-1-14(2-4-17)15-7-8-27(22(28)9-15)18-5-6-21-19(10-18)20(11-25-21)16-12-26(13-16)23(29)30/h1-10,16,20,25H,11-13H2,(H,29,30). The number of carbonyl (C=O) groups is 1. The van der Waals surface area contributed by atoms with Crippen LogP contribution in [0.25, 0.3) is 16.8 Å². The molecule has 1 fully saturated rings. The second-order valence-electron chi connectivity index (χ2n) is 7.84. The zero-order valence-electron chi connectivity index (χ0n) is 16.1. The molecule has 2 aliphatic rings. The number of hydrogen-bond donors (Lipinski definition) is 2. The summed E-state index contributed by atoms with van der Waals surface area (Å²) in [5.41, 5.74) is 4.70. The molecule has 30 heavy (non-hydrogen) atoms. The largest absolute Gasteiger partial charge is 0.465 e. The van der Waals surface area contributed by atoms with Crippen LogP contribution >= 0.6 is 11.6 Å². The fourth-order valence-electron chi connectivity index (χ4n) is 4.36. The molecule has 2 aliphatic heterocycles. The Morgan fingerprint density at radius 3 is 2.50 bits per heavy atom. The van der Waals surface area contributed by atoms with Crippen LogP contribution in [0.3, 0.4) is 0 Å². The van der Waals surface area contributed by atoms with Gasteiger partial charge in [0.05, 0.1) is 0 Å². The Balaban J connectivity index is 1.43. The lowest BCUT2D eigenvalue weighted by Crippen LogP contribution is -2.51. The van der Waals surface area contributed by atoms with Gasteiger partial charge >= 0.3 is 6.09 Å². The lowest BCUT2D eigenvalue weighted by Gasteiger charge is -2.40. The highest BCUT2D eigenvalue weighted by atomic mass is 35.5. The summed E-state index contributed by atoms with van der Waals surface area (Å²) in [6.07, 6.45) is 0.930. The van der Waals surface area contributed by atoms with Gasteiger partial charge in [-0.2, -0.15) is 0 Å². The summed E-state index contributed by atoms with van der Waals surface area (Å²) in [6.45, 7) is 1.91. The smallest absolute Gasteiger partial charge is 0.407 e. The fraction of sp³-hybridized carbons (Fsp3) is 0.217. The fourth-order valence-corrected chi connectivity index (χ4v) is 4.48. The van der Waals surface area contributed by atoms with Gasteiger partial charge in [0.15, 0.2) is 0 Å². The molecule has 1 aromatic heterocycles. The predicted octanol–water partition coefficient (Wildman–Crippen LogP) is 4.28. The lowest BCUT2D eigenvalue weighted by atomic mass is 9.82. The summed E-state index contributed by atoms with van der Waals surface area (Å²) in [4.78, 5) is 25.3. The van der Waals surface area contributed by atoms with E-state index in [1.165, 1.54) is 4.90 Å². The minimum atomic E-state index is -0.862. The molecule has 0 spiro atoms. The first-order chi connectivity index (χ1) is 14.5. The average molecular weight is 422 g/mol. The van der Waals surface area contributed by atoms with Crippen LogP contribution < -0.4 is 10.9 Å². The van der Waals surface area contributed by atoms with E-state index in [9.17, 15) is 9.59 Å². The van der Waals surface area contributed by atoms with Crippen LogP contribution in [0.2, 0.25) is 5.02 Å². The third-order valence-electron chi connectivity index (χ3n) is 6.07. The summed E-state index contributed by atoms with van der Waals surface area (Å²) in [5.74, 6) is 0.550. The summed E-state index contributed by atoms with van der Waals surface area (Å²) in [7, 11) is 0. The Hall–Kier alpha value is -3.25. The zero-order valence-corrected chi connectivity index (χ0v) is 16.8. The van der Waals surface area contributed by atoms with Gasteiger partial charge in [-0.25, -0.2) is 4.79 Å². The Labute approximate surface area is 178 Å². The number of benzene rings is 2. The van der Waals surface area contributed by atoms with E-state index in [4.69, 9.17) is 16.7 Å². The summed E-state index contributed by atoms with van der Waals surface area (Å²) in [5, 5.41) is 13.2. The zero-order chi connectivity index (χ0) is 20.8. The molecule has 1 unspecified atom stereocenters. The highest BCUT2D eigenvalue weighted by Gasteiger charge is 2.39. The van der Waals surface area contributed by atoms with Crippen LogP contribution in [-0.2, 0) is 0 Å². The van der Waals surface area contributed by atoms with Crippen LogP contribution in [-0.4, -0.2) is 40.3 Å². The van der Waals surface area contributed by atoms with Gasteiger partial charge in [-0.15, -0.1) is 0 Å². The number of hydrogen-bond acceptors (Lipinski definition) is 3. The Morgan fingerprint density at radius 2 is 1.80 bits per heavy atom. The highest BCUT2D eigenvalue weighted by molar-refractivity contribution is 6.30. The second kappa shape index (κ2) is 7.22. The van der Waals surface area contributed by atoms with Crippen LogP contribution in [0.15, 0.2) is 65.6 Å². The molecular weight excluding hydrogens is 402 g/mol. The SMILES string of the molecule is O=C(O)N1CC(C2CNc3ccc(-n4ccc(-c5ccc(Cl)cc5)cc4=O)cc32)C1. The normalized spacial score (nSPS) is 17.9. The Morgan fingerprint density at radius 1 is 1.03 bits per heavy atom. The molecule has 2 aromatic carbocycles. The van der Waals surface area contributed by atoms with Crippen LogP contribution in [0.1, 0.15) is 11.5 Å². The van der Waals surface area contributed by atoms with Gasteiger partial charge < -0.3 is 15.3 Å². The maximum atomic E-state index is 12.8. The van der Waals surface area contributed by atoms with Crippen molar-refractivity contribution in [2.75, 3.05) is 25.0 Å². The van der Waals surface area contributed by atoms with E-state index in [1.54, 1.807) is 16.8 Å². The first-order valence-electron chi connectivity index (χ1n) is 9.84. The van der Waals surface area contributed by atoms with Gasteiger partial charge in [-0.1, -0.05) is 23.7 Å². The molecule has 0 bridgehead atoms. The topological polar surface area (TPSA) is 74.6 Å². The molecule has 6 nitrogen and oxygen atoms in total. The van der Waals surface area contributed by atoms with Crippen LogP contribution in [0, 0.1) is 5.92 Å². The summed E-state index contributed by atoms with van der Waals surface area (Å²) in [6, 6.07) is 16.9. The van der Waals surface area contributed by atoms with E-state index in [0.717, 1.165) is 34.6 Å². The molecule has 0 radical (unpaired) electrons. The van der Waals surface area contributed by atoms with Crippen molar-refractivity contribution in [2.45, 2.75) is 5.92 Å². The van der Waals surface area contributed by atoms with Crippen molar-refractivity contribution in [2.24, 2.45) is 5.92 Å². The molecule has 152 valence electrons. The number of fused-ring (bicyclic) bond motifs is 1. The minimum Gasteiger partial charge on any atom is -0.465 e. The number of rotatable bonds is 3. The Kier molecular flexibility index (Phi) is 4.51. The number of amides is 1. The minimum absolute atomic E-state index is 0.106. The van der Waals surface area contributed by atoms with Crippen LogP contribution in [0.5, 0.6) is 0 Å². The Bertz CT molecular complexity index is 1180. The van der Waals surface area contributed by atoms with Crippen LogP contribution in [0.4, 0.5) is 10.5 Å². The van der Waals surface area contributed by atoms with Crippen molar-refractivity contribution < 1.29 is 9.90 Å². The quantitative estimate of drug-likeness (QED) is 0.662. The number of aromatic nitrogens is 1. The molecule has 1 amide bonds. The van der Waals surface area contributed by atoms with Gasteiger partial charge in [-0.05, 0) is 53.1 Å². The third-order valence-corrected chi connectivity index (χ3v) is 6.32. The van der Waals surface area contributed by atoms with E-state index in [0.29, 0.717) is 24.0 Å². The highest BCUT2D eigenvalue weighted by Crippen LogP contribution is 2.40. The monoisotopic (exact) mass is 421 g/mol. The molecule has 5 rings (SSSR count). The third kappa shape index (κ3) is 3.23. The van der Waals surface area contributed by atoms with Crippen molar-refractivity contribution in [1.29, 1.82) is 0 Å². The predicted molar refractivity (Wildman–Crippen MR) is 117 cm³/mol. The van der Waals surface area contributed by atoms with Crippen molar-refractivity contribution >= 4 is 23.4 Å². The molecule has 3 aromatic rings. The molecule has 2 N–H and O–H groups in total. The van der Waals surface area contributed by atoms with E-state index in [1.807, 2.05) is 48.5 Å². The number of anilines is 1. The molecular formula is C23H20ClN3O3. The van der Waals surface area contributed by atoms with Crippen molar-refractivity contribution in [1.82, 2.24) is 9.47 Å². The van der Waals surface area contributed by atoms with Gasteiger partial charge in [-0.3, -0.25) is 9.36 Å². The van der Waals surface area contributed by atoms with Gasteiger partial charge in [0.2, 0.25) is 0 Å². The maximum absolute atomic E-state index is 12.8. The first-order valence-corrected chi connectivity index (χ1v) is 10.2. The van der Waals surface area contributed by atoms with Crippen molar-refractivity contribution in [3.05, 3.63) is 81.7 Å². The molecule has 0 aliphatic carbocycles. The van der Waals surface area contributed by atoms with E-state index < -0.39 is 6.09 Å². The van der Waals surface area contributed by atoms with Gasteiger partial charge in [0, 0.05) is 60.1 Å². The summed E-state index contributed by atoms with van der Waals surface area (Å²) < 4.78 is 1.64. The second-order valence-corrected chi connectivity index (χ2v) is 8.27. The first kappa shape index (κ1) is 18.8. The number of nitrogens with zero attached hydrogens (tertiary/aromatic N) is 2. The number of carboxylic acid groups (broad SMARTS) is 1.